The topological polar surface area (TPSA) is 129 Å². The number of morpholine rings is 1. The van der Waals surface area contributed by atoms with E-state index in [1.54, 1.807) is 21.7 Å². The first-order valence-electron chi connectivity index (χ1n) is 12.2. The van der Waals surface area contributed by atoms with E-state index in [0.29, 0.717) is 57.3 Å². The highest BCUT2D eigenvalue weighted by atomic mass is 16.5. The van der Waals surface area contributed by atoms with Crippen molar-refractivity contribution in [2.45, 2.75) is 45.2 Å². The van der Waals surface area contributed by atoms with Crippen molar-refractivity contribution in [1.29, 1.82) is 0 Å². The number of nitrogens with zero attached hydrogens (tertiary/aromatic N) is 3. The van der Waals surface area contributed by atoms with Crippen LogP contribution in [0, 0.1) is 5.41 Å². The number of hydrogen-bond donors (Lipinski definition) is 3. The summed E-state index contributed by atoms with van der Waals surface area (Å²) in [5.74, 6) is -1.10. The molecule has 3 fully saturated rings. The standard InChI is InChI=1S/C24H31N5O6/c1-24(6-10-34-11-7-24)15-28-21-16(2-5-18(30)27-8-12-35-13-9-27)14-25-29(21)23(33)19(22(28)32)20(31)26-17-3-4-17/h2,5,14,17H,3-4,6-13,15H2,1H3,(H2,26,31,32,33)/p+1/b5-2+. The molecule has 4 heterocycles. The number of hydrogen-bond acceptors (Lipinski definition) is 6. The summed E-state index contributed by atoms with van der Waals surface area (Å²) in [4.78, 5) is 40.5. The minimum Gasteiger partial charge on any atom is -0.477 e. The first-order valence-corrected chi connectivity index (χ1v) is 12.2. The van der Waals surface area contributed by atoms with E-state index in [2.05, 4.69) is 17.3 Å². The van der Waals surface area contributed by atoms with Gasteiger partial charge in [0.1, 0.15) is 0 Å². The Bertz CT molecular complexity index is 1220. The van der Waals surface area contributed by atoms with E-state index in [4.69, 9.17) is 9.47 Å². The summed E-state index contributed by atoms with van der Waals surface area (Å²) >= 11 is 0. The Morgan fingerprint density at radius 1 is 1.23 bits per heavy atom. The Labute approximate surface area is 202 Å². The number of aromatic hydroxyl groups is 1. The number of carbonyl (C=O) groups is 2. The minimum absolute atomic E-state index is 0.0387. The van der Waals surface area contributed by atoms with E-state index >= 15 is 0 Å². The zero-order chi connectivity index (χ0) is 24.6. The Kier molecular flexibility index (Phi) is 6.37. The van der Waals surface area contributed by atoms with Crippen LogP contribution in [0.3, 0.4) is 0 Å². The molecule has 1 aliphatic carbocycles. The van der Waals surface area contributed by atoms with Crippen LogP contribution in [0.25, 0.3) is 11.7 Å². The van der Waals surface area contributed by atoms with Gasteiger partial charge in [0.15, 0.2) is 0 Å². The fraction of sp³-hybridized carbons (Fsp3) is 0.583. The molecule has 0 spiro atoms. The maximum Gasteiger partial charge on any atom is 0.378 e. The zero-order valence-corrected chi connectivity index (χ0v) is 19.9. The van der Waals surface area contributed by atoms with Gasteiger partial charge in [-0.1, -0.05) is 11.4 Å². The van der Waals surface area contributed by atoms with Crippen molar-refractivity contribution in [3.8, 4) is 5.88 Å². The van der Waals surface area contributed by atoms with Crippen LogP contribution in [0.1, 0.15) is 48.5 Å². The first-order chi connectivity index (χ1) is 16.9. The van der Waals surface area contributed by atoms with E-state index in [9.17, 15) is 19.5 Å². The Morgan fingerprint density at radius 2 is 1.91 bits per heavy atom. The summed E-state index contributed by atoms with van der Waals surface area (Å²) in [5.41, 5.74) is -0.169. The molecule has 1 saturated carbocycles. The van der Waals surface area contributed by atoms with Gasteiger partial charge in [0, 0.05) is 43.8 Å². The van der Waals surface area contributed by atoms with E-state index in [1.165, 1.54) is 10.6 Å². The van der Waals surface area contributed by atoms with Crippen LogP contribution < -0.4 is 15.4 Å². The highest BCUT2D eigenvalue weighted by Crippen LogP contribution is 2.31. The average Bonchev–Trinajstić information content (AvgIpc) is 3.56. The number of H-pyrrole nitrogens is 1. The van der Waals surface area contributed by atoms with Crippen LogP contribution in [-0.2, 0) is 20.8 Å². The molecule has 5 rings (SSSR count). The summed E-state index contributed by atoms with van der Waals surface area (Å²) < 4.78 is 13.7. The second-order valence-corrected chi connectivity index (χ2v) is 9.92. The third-order valence-electron chi connectivity index (χ3n) is 7.08. The van der Waals surface area contributed by atoms with Crippen molar-refractivity contribution < 1.29 is 28.7 Å². The number of amides is 2. The van der Waals surface area contributed by atoms with Crippen LogP contribution >= 0.6 is 0 Å². The predicted molar refractivity (Wildman–Crippen MR) is 125 cm³/mol. The van der Waals surface area contributed by atoms with Gasteiger partial charge in [0.25, 0.3) is 5.91 Å². The van der Waals surface area contributed by atoms with Gasteiger partial charge < -0.3 is 24.8 Å². The molecule has 3 aliphatic rings. The predicted octanol–water partition coefficient (Wildman–Crippen LogP) is 0.202. The Hall–Kier alpha value is -3.18. The molecule has 0 radical (unpaired) electrons. The van der Waals surface area contributed by atoms with E-state index in [-0.39, 0.29) is 28.8 Å². The first kappa shape index (κ1) is 23.6. The normalized spacial score (nSPS) is 20.4. The summed E-state index contributed by atoms with van der Waals surface area (Å²) in [6.07, 6.45) is 7.98. The summed E-state index contributed by atoms with van der Waals surface area (Å²) in [5, 5.41) is 17.0. The summed E-state index contributed by atoms with van der Waals surface area (Å²) in [6.45, 7) is 5.76. The molecule has 2 amide bonds. The SMILES string of the molecule is CC1(C[n+]2c(O)c(C(=O)NC3CC3)c(=O)n3[nH]cc(/C=C/C(=O)N4CCOCC4)c32)CCOCC1. The molecule has 2 aliphatic heterocycles. The van der Waals surface area contributed by atoms with Crippen molar-refractivity contribution in [2.75, 3.05) is 39.5 Å². The number of aromatic nitrogens is 3. The average molecular weight is 487 g/mol. The molecule has 188 valence electrons. The van der Waals surface area contributed by atoms with E-state index in [1.807, 2.05) is 0 Å². The maximum absolute atomic E-state index is 13.3. The monoisotopic (exact) mass is 486 g/mol. The van der Waals surface area contributed by atoms with Crippen LogP contribution in [0.2, 0.25) is 0 Å². The van der Waals surface area contributed by atoms with Gasteiger partial charge in [0.05, 0.1) is 31.5 Å². The minimum atomic E-state index is -0.636. The lowest BCUT2D eigenvalue weighted by Gasteiger charge is -2.32. The fourth-order valence-electron chi connectivity index (χ4n) is 4.67. The highest BCUT2D eigenvalue weighted by molar-refractivity contribution is 5.96. The largest absolute Gasteiger partial charge is 0.477 e. The molecule has 3 N–H and O–H groups in total. The second kappa shape index (κ2) is 9.46. The molecule has 2 saturated heterocycles. The van der Waals surface area contributed by atoms with Gasteiger partial charge >= 0.3 is 17.1 Å². The Morgan fingerprint density at radius 3 is 2.60 bits per heavy atom. The maximum atomic E-state index is 13.3. The quantitative estimate of drug-likeness (QED) is 0.395. The molecule has 0 unspecified atom stereocenters. The zero-order valence-electron chi connectivity index (χ0n) is 19.9. The number of ether oxygens (including phenoxy) is 2. The van der Waals surface area contributed by atoms with Crippen LogP contribution in [0.5, 0.6) is 5.88 Å². The van der Waals surface area contributed by atoms with Crippen molar-refractivity contribution >= 4 is 23.5 Å². The second-order valence-electron chi connectivity index (χ2n) is 9.92. The molecule has 0 aromatic carbocycles. The highest BCUT2D eigenvalue weighted by Gasteiger charge is 2.38. The molecular weight excluding hydrogens is 454 g/mol. The molecule has 0 atom stereocenters. The van der Waals surface area contributed by atoms with Gasteiger partial charge in [-0.2, -0.15) is 4.57 Å². The summed E-state index contributed by atoms with van der Waals surface area (Å²) in [7, 11) is 0. The lowest BCUT2D eigenvalue weighted by atomic mass is 9.82. The lowest BCUT2D eigenvalue weighted by Crippen LogP contribution is -2.50. The van der Waals surface area contributed by atoms with Gasteiger partial charge in [-0.25, -0.2) is 9.89 Å². The number of fused-ring (bicyclic) bond motifs is 1. The molecule has 2 aromatic rings. The van der Waals surface area contributed by atoms with Crippen molar-refractivity contribution in [3.63, 3.8) is 0 Å². The fourth-order valence-corrected chi connectivity index (χ4v) is 4.67. The molecule has 11 nitrogen and oxygen atoms in total. The van der Waals surface area contributed by atoms with Crippen LogP contribution in [0.15, 0.2) is 17.1 Å². The van der Waals surface area contributed by atoms with Crippen molar-refractivity contribution in [3.05, 3.63) is 33.8 Å². The molecule has 2 aromatic heterocycles. The van der Waals surface area contributed by atoms with Crippen LogP contribution in [-0.4, -0.2) is 77.0 Å². The third-order valence-corrected chi connectivity index (χ3v) is 7.08. The molecular formula is C24H32N5O6+. The Balaban J connectivity index is 1.57. The summed E-state index contributed by atoms with van der Waals surface area (Å²) in [6, 6.07) is 0.0387. The van der Waals surface area contributed by atoms with Gasteiger partial charge in [-0.05, 0) is 31.8 Å². The van der Waals surface area contributed by atoms with E-state index < -0.39 is 11.5 Å². The molecule has 11 heteroatoms. The number of carbonyl (C=O) groups excluding carboxylic acids is 2. The third kappa shape index (κ3) is 4.83. The van der Waals surface area contributed by atoms with Gasteiger partial charge in [-0.15, -0.1) is 0 Å². The lowest BCUT2D eigenvalue weighted by molar-refractivity contribution is -0.694. The van der Waals surface area contributed by atoms with Gasteiger partial charge in [-0.3, -0.25) is 9.59 Å². The molecule has 35 heavy (non-hydrogen) atoms. The number of rotatable bonds is 6. The van der Waals surface area contributed by atoms with Crippen LogP contribution in [0.4, 0.5) is 0 Å². The van der Waals surface area contributed by atoms with Crippen molar-refractivity contribution in [2.24, 2.45) is 5.41 Å². The number of aromatic amines is 1. The van der Waals surface area contributed by atoms with Crippen molar-refractivity contribution in [1.82, 2.24) is 19.8 Å². The molecule has 0 bridgehead atoms. The number of nitrogens with one attached hydrogen (secondary N) is 2. The smallest absolute Gasteiger partial charge is 0.378 e. The van der Waals surface area contributed by atoms with Gasteiger partial charge in [0.2, 0.25) is 11.5 Å². The van der Waals surface area contributed by atoms with E-state index in [0.717, 1.165) is 25.7 Å².